The third-order valence-electron chi connectivity index (χ3n) is 7.23. The maximum absolute atomic E-state index is 14.8. The number of aromatic nitrogens is 2. The summed E-state index contributed by atoms with van der Waals surface area (Å²) in [6.45, 7) is 0.0591. The van der Waals surface area contributed by atoms with Crippen molar-refractivity contribution in [3.8, 4) is 5.69 Å². The van der Waals surface area contributed by atoms with Gasteiger partial charge in [-0.3, -0.25) is 14.2 Å². The van der Waals surface area contributed by atoms with Crippen LogP contribution in [0.4, 0.5) is 23.4 Å². The zero-order valence-corrected chi connectivity index (χ0v) is 18.6. The summed E-state index contributed by atoms with van der Waals surface area (Å²) >= 11 is 0. The second-order valence-electron chi connectivity index (χ2n) is 9.96. The molecule has 1 amide bonds. The summed E-state index contributed by atoms with van der Waals surface area (Å²) in [4.78, 5) is 32.1. The molecule has 1 aromatic carbocycles. The molecule has 4 aliphatic rings. The van der Waals surface area contributed by atoms with E-state index in [9.17, 15) is 37.4 Å². The second-order valence-corrected chi connectivity index (χ2v) is 9.96. The Bertz CT molecular complexity index is 1460. The van der Waals surface area contributed by atoms with Crippen LogP contribution in [-0.2, 0) is 0 Å². The van der Waals surface area contributed by atoms with Gasteiger partial charge in [0.25, 0.3) is 5.91 Å². The number of nitrogens with zero attached hydrogens (tertiary/aromatic N) is 3. The Morgan fingerprint density at radius 2 is 1.67 bits per heavy atom. The molecule has 2 atom stereocenters. The molecule has 7 rings (SSSR count). The average Bonchev–Trinajstić information content (AvgIpc) is 3.10. The van der Waals surface area contributed by atoms with E-state index in [0.717, 1.165) is 10.8 Å². The maximum Gasteiger partial charge on any atom is 0.257 e. The van der Waals surface area contributed by atoms with Gasteiger partial charge >= 0.3 is 0 Å². The Morgan fingerprint density at radius 3 is 2.25 bits per heavy atom. The van der Waals surface area contributed by atoms with E-state index < -0.39 is 63.5 Å². The van der Waals surface area contributed by atoms with Gasteiger partial charge in [-0.15, -0.1) is 0 Å². The number of aliphatic hydroxyl groups excluding tert-OH is 2. The fourth-order valence-corrected chi connectivity index (χ4v) is 5.53. The van der Waals surface area contributed by atoms with E-state index in [-0.39, 0.29) is 49.2 Å². The molecule has 3 saturated carbocycles. The number of aliphatic hydroxyl groups is 2. The lowest BCUT2D eigenvalue weighted by Crippen LogP contribution is -2.76. The molecule has 4 fully saturated rings. The lowest BCUT2D eigenvalue weighted by atomic mass is 9.47. The molecular formula is C24H20F4N4O4. The summed E-state index contributed by atoms with van der Waals surface area (Å²) in [6.07, 6.45) is -0.750. The van der Waals surface area contributed by atoms with E-state index in [0.29, 0.717) is 12.1 Å². The second kappa shape index (κ2) is 7.50. The van der Waals surface area contributed by atoms with Crippen LogP contribution >= 0.6 is 0 Å². The molecule has 2 bridgehead atoms. The first-order chi connectivity index (χ1) is 17.0. The van der Waals surface area contributed by atoms with Crippen molar-refractivity contribution in [2.75, 3.05) is 18.0 Å². The summed E-state index contributed by atoms with van der Waals surface area (Å²) in [5.74, 6) is -4.36. The van der Waals surface area contributed by atoms with Crippen molar-refractivity contribution < 1.29 is 32.6 Å². The van der Waals surface area contributed by atoms with Crippen LogP contribution < -0.4 is 15.6 Å². The molecule has 3 heterocycles. The van der Waals surface area contributed by atoms with Gasteiger partial charge in [0, 0.05) is 56.2 Å². The Labute approximate surface area is 200 Å². The van der Waals surface area contributed by atoms with Crippen LogP contribution in [0.1, 0.15) is 29.6 Å². The number of halogens is 4. The fourth-order valence-electron chi connectivity index (χ4n) is 5.53. The van der Waals surface area contributed by atoms with Crippen LogP contribution in [0.2, 0.25) is 0 Å². The third-order valence-corrected chi connectivity index (χ3v) is 7.23. The number of β-amino-alcohol motifs (C(OH)–C–C–N with tert-alkyl or cyclic N) is 2. The topological polar surface area (TPSA) is 108 Å². The highest BCUT2D eigenvalue weighted by molar-refractivity contribution is 5.98. The number of pyridine rings is 2. The van der Waals surface area contributed by atoms with E-state index >= 15 is 0 Å². The highest BCUT2D eigenvalue weighted by atomic mass is 19.2. The number of rotatable bonds is 4. The van der Waals surface area contributed by atoms with Gasteiger partial charge in [-0.2, -0.15) is 0 Å². The zero-order chi connectivity index (χ0) is 25.6. The van der Waals surface area contributed by atoms with Crippen molar-refractivity contribution in [2.45, 2.75) is 42.7 Å². The Hall–Kier alpha value is -3.51. The van der Waals surface area contributed by atoms with Gasteiger partial charge in [-0.1, -0.05) is 0 Å². The van der Waals surface area contributed by atoms with Crippen LogP contribution in [0.15, 0.2) is 35.3 Å². The quantitative estimate of drug-likeness (QED) is 0.467. The number of benzene rings is 1. The molecule has 3 aliphatic carbocycles. The Morgan fingerprint density at radius 1 is 1.06 bits per heavy atom. The predicted molar refractivity (Wildman–Crippen MR) is 119 cm³/mol. The van der Waals surface area contributed by atoms with Crippen LogP contribution in [0.3, 0.4) is 0 Å². The Kier molecular flexibility index (Phi) is 4.77. The number of amides is 1. The lowest BCUT2D eigenvalue weighted by molar-refractivity contribution is -0.162. The number of anilines is 1. The largest absolute Gasteiger partial charge is 0.389 e. The number of hydrogen-bond donors (Lipinski definition) is 3. The fraction of sp³-hybridized carbons (Fsp3) is 0.375. The van der Waals surface area contributed by atoms with Crippen molar-refractivity contribution >= 4 is 22.8 Å². The Balaban J connectivity index is 1.51. The van der Waals surface area contributed by atoms with Crippen LogP contribution in [0.25, 0.3) is 16.7 Å². The van der Waals surface area contributed by atoms with Crippen molar-refractivity contribution in [3.05, 3.63) is 63.7 Å². The van der Waals surface area contributed by atoms with E-state index in [2.05, 4.69) is 10.3 Å². The maximum atomic E-state index is 14.8. The highest BCUT2D eigenvalue weighted by Gasteiger charge is 2.70. The first-order valence-electron chi connectivity index (χ1n) is 11.3. The minimum atomic E-state index is -1.30. The summed E-state index contributed by atoms with van der Waals surface area (Å²) in [5.41, 5.74) is -4.22. The van der Waals surface area contributed by atoms with Gasteiger partial charge < -0.3 is 20.4 Å². The van der Waals surface area contributed by atoms with E-state index in [1.807, 2.05) is 0 Å². The highest BCUT2D eigenvalue weighted by Crippen LogP contribution is 2.62. The molecule has 8 nitrogen and oxygen atoms in total. The molecule has 12 heteroatoms. The molecule has 0 unspecified atom stereocenters. The van der Waals surface area contributed by atoms with Crippen molar-refractivity contribution in [1.29, 1.82) is 0 Å². The molecule has 0 radical (unpaired) electrons. The average molecular weight is 504 g/mol. The van der Waals surface area contributed by atoms with E-state index in [1.165, 1.54) is 17.0 Å². The van der Waals surface area contributed by atoms with Crippen LogP contribution in [-0.4, -0.2) is 62.2 Å². The molecule has 36 heavy (non-hydrogen) atoms. The summed E-state index contributed by atoms with van der Waals surface area (Å²) < 4.78 is 58.0. The number of hydrogen-bond acceptors (Lipinski definition) is 6. The van der Waals surface area contributed by atoms with Crippen LogP contribution in [0, 0.1) is 17.5 Å². The predicted octanol–water partition coefficient (Wildman–Crippen LogP) is 1.72. The lowest BCUT2D eigenvalue weighted by Gasteiger charge is -2.65. The molecule has 2 aromatic heterocycles. The molecule has 3 aromatic rings. The minimum absolute atomic E-state index is 0.0296. The zero-order valence-electron chi connectivity index (χ0n) is 18.6. The number of fused-ring (bicyclic) bond motifs is 1. The first-order valence-corrected chi connectivity index (χ1v) is 11.3. The van der Waals surface area contributed by atoms with Crippen LogP contribution in [0.5, 0.6) is 0 Å². The number of nitrogens with one attached hydrogen (secondary N) is 1. The summed E-state index contributed by atoms with van der Waals surface area (Å²) in [5, 5.41) is 22.3. The SMILES string of the molecule is O=C(NC12CC(F)(C1)C2)c1cn(-c2c(F)cc(F)cc2F)c2nc(N3C[C@@H](O)[C@H](O)C3)ccc2c1=O. The smallest absolute Gasteiger partial charge is 0.257 e. The summed E-state index contributed by atoms with van der Waals surface area (Å²) in [7, 11) is 0. The third kappa shape index (κ3) is 3.39. The molecule has 1 aliphatic heterocycles. The van der Waals surface area contributed by atoms with E-state index in [1.54, 1.807) is 0 Å². The van der Waals surface area contributed by atoms with Crippen molar-refractivity contribution in [2.24, 2.45) is 0 Å². The van der Waals surface area contributed by atoms with Gasteiger partial charge in [-0.25, -0.2) is 22.5 Å². The number of carbonyl (C=O) groups is 1. The molecule has 1 saturated heterocycles. The molecular weight excluding hydrogens is 484 g/mol. The van der Waals surface area contributed by atoms with Gasteiger partial charge in [0.15, 0.2) is 17.3 Å². The van der Waals surface area contributed by atoms with Gasteiger partial charge in [0.2, 0.25) is 5.43 Å². The number of carbonyl (C=O) groups excluding carboxylic acids is 1. The molecule has 0 spiro atoms. The van der Waals surface area contributed by atoms with Gasteiger partial charge in [0.05, 0.1) is 17.6 Å². The molecule has 3 N–H and O–H groups in total. The summed E-state index contributed by atoms with van der Waals surface area (Å²) in [6, 6.07) is 3.66. The van der Waals surface area contributed by atoms with Crippen molar-refractivity contribution in [1.82, 2.24) is 14.9 Å². The van der Waals surface area contributed by atoms with Crippen molar-refractivity contribution in [3.63, 3.8) is 0 Å². The standard InChI is InChI=1S/C24H20F4N4O4/c25-11-3-14(26)19(15(27)4-11)32-5-13(22(36)30-24-8-23(28,9-24)10-24)20(35)12-1-2-18(29-21(12)32)31-6-16(33)17(34)7-31/h1-5,16-17,33-34H,6-10H2,(H,30,36)/t16-,17-,23?,24?/m1/s1. The number of alkyl halides is 1. The van der Waals surface area contributed by atoms with E-state index in [4.69, 9.17) is 0 Å². The monoisotopic (exact) mass is 504 g/mol. The minimum Gasteiger partial charge on any atom is -0.389 e. The van der Waals surface area contributed by atoms with Gasteiger partial charge in [-0.05, 0) is 12.1 Å². The molecule has 188 valence electrons. The van der Waals surface area contributed by atoms with Gasteiger partial charge in [0.1, 0.15) is 28.6 Å². The first kappa shape index (κ1) is 22.9. The normalized spacial score (nSPS) is 28.7.